The van der Waals surface area contributed by atoms with Crippen LogP contribution in [0.3, 0.4) is 0 Å². The van der Waals surface area contributed by atoms with E-state index in [4.69, 9.17) is 0 Å². The molecule has 0 N–H and O–H groups in total. The molecule has 0 amide bonds. The molecular weight excluding hydrogens is 238 g/mol. The van der Waals surface area contributed by atoms with Gasteiger partial charge in [0, 0.05) is 0 Å². The van der Waals surface area contributed by atoms with E-state index in [1.807, 2.05) is 0 Å². The molecular formula is C8H8BrNOS. The van der Waals surface area contributed by atoms with Crippen LogP contribution in [-0.2, 0) is 10.2 Å². The number of aromatic nitrogens is 1. The molecule has 0 unspecified atom stereocenters. The van der Waals surface area contributed by atoms with Crippen LogP contribution in [0, 0.1) is 0 Å². The van der Waals surface area contributed by atoms with Crippen LogP contribution in [0.5, 0.6) is 0 Å². The molecule has 0 aliphatic heterocycles. The van der Waals surface area contributed by atoms with Gasteiger partial charge in [-0.3, -0.25) is 4.79 Å². The Balaban J connectivity index is 2.36. The lowest BCUT2D eigenvalue weighted by Crippen LogP contribution is -2.16. The summed E-state index contributed by atoms with van der Waals surface area (Å²) in [6, 6.07) is 0. The van der Waals surface area contributed by atoms with E-state index in [9.17, 15) is 4.79 Å². The minimum atomic E-state index is -0.198. The molecule has 2 nitrogen and oxygen atoms in total. The van der Waals surface area contributed by atoms with E-state index in [1.165, 1.54) is 0 Å². The summed E-state index contributed by atoms with van der Waals surface area (Å²) in [4.78, 5) is 15.5. The van der Waals surface area contributed by atoms with Gasteiger partial charge in [0.05, 0.1) is 15.4 Å². The highest BCUT2D eigenvalue weighted by atomic mass is 79.9. The monoisotopic (exact) mass is 245 g/mol. The quantitative estimate of drug-likeness (QED) is 0.802. The molecule has 1 saturated carbocycles. The summed E-state index contributed by atoms with van der Waals surface area (Å²) in [7, 11) is 0. The number of carbonyl (C=O) groups excluding carboxylic acids is 1. The molecule has 4 heteroatoms. The Morgan fingerprint density at radius 2 is 2.42 bits per heavy atom. The van der Waals surface area contributed by atoms with Crippen molar-refractivity contribution in [2.24, 2.45) is 0 Å². The second-order valence-corrected chi connectivity index (χ2v) is 5.52. The third-order valence-corrected chi connectivity index (χ3v) is 3.99. The number of nitrogens with zero attached hydrogens (tertiary/aromatic N) is 1. The zero-order chi connectivity index (χ0) is 8.77. The van der Waals surface area contributed by atoms with Gasteiger partial charge >= 0.3 is 0 Å². The average Bonchev–Trinajstić information content (AvgIpc) is 2.71. The molecule has 0 bridgehead atoms. The maximum atomic E-state index is 11.3. The lowest BCUT2D eigenvalue weighted by atomic mass is 10.0. The normalized spacial score (nSPS) is 19.2. The van der Waals surface area contributed by atoms with Crippen LogP contribution >= 0.6 is 27.3 Å². The first-order valence-corrected chi connectivity index (χ1v) is 5.39. The molecule has 1 aromatic heterocycles. The predicted octanol–water partition coefficient (Wildman–Crippen LogP) is 2.53. The lowest BCUT2D eigenvalue weighted by molar-refractivity contribution is -0.119. The van der Waals surface area contributed by atoms with Crippen LogP contribution in [0.4, 0.5) is 0 Å². The van der Waals surface area contributed by atoms with Crippen molar-refractivity contribution >= 4 is 33.0 Å². The zero-order valence-corrected chi connectivity index (χ0v) is 9.04. The van der Waals surface area contributed by atoms with Crippen molar-refractivity contribution in [3.63, 3.8) is 0 Å². The molecule has 12 heavy (non-hydrogen) atoms. The van der Waals surface area contributed by atoms with E-state index in [1.54, 1.807) is 24.5 Å². The number of hydrogen-bond donors (Lipinski definition) is 0. The minimum Gasteiger partial charge on any atom is -0.299 e. The highest BCUT2D eigenvalue weighted by molar-refractivity contribution is 9.11. The molecule has 1 aliphatic carbocycles. The van der Waals surface area contributed by atoms with Gasteiger partial charge in [0.1, 0.15) is 10.8 Å². The molecule has 1 aromatic rings. The van der Waals surface area contributed by atoms with E-state index in [0.717, 1.165) is 21.6 Å². The van der Waals surface area contributed by atoms with Crippen LogP contribution in [0.15, 0.2) is 9.98 Å². The van der Waals surface area contributed by atoms with E-state index in [0.29, 0.717) is 0 Å². The summed E-state index contributed by atoms with van der Waals surface area (Å²) >= 11 is 4.92. The van der Waals surface area contributed by atoms with Gasteiger partial charge in [-0.15, -0.1) is 11.3 Å². The molecule has 0 saturated heterocycles. The summed E-state index contributed by atoms with van der Waals surface area (Å²) in [5.74, 6) is 0.254. The first-order chi connectivity index (χ1) is 5.65. The van der Waals surface area contributed by atoms with E-state index < -0.39 is 0 Å². The van der Waals surface area contributed by atoms with Crippen molar-refractivity contribution in [1.29, 1.82) is 0 Å². The lowest BCUT2D eigenvalue weighted by Gasteiger charge is -2.04. The standard InChI is InChI=1S/C8H8BrNOS/c1-5(11)8(2-3-8)7-10-4-6(9)12-7/h4H,2-3H2,1H3. The first-order valence-electron chi connectivity index (χ1n) is 3.78. The maximum absolute atomic E-state index is 11.3. The van der Waals surface area contributed by atoms with Crippen molar-refractivity contribution < 1.29 is 4.79 Å². The van der Waals surface area contributed by atoms with E-state index in [2.05, 4.69) is 20.9 Å². The van der Waals surface area contributed by atoms with Gasteiger partial charge < -0.3 is 0 Å². The molecule has 0 radical (unpaired) electrons. The number of halogens is 1. The minimum absolute atomic E-state index is 0.198. The largest absolute Gasteiger partial charge is 0.299 e. The molecule has 0 spiro atoms. The smallest absolute Gasteiger partial charge is 0.142 e. The molecule has 1 aliphatic rings. The fourth-order valence-electron chi connectivity index (χ4n) is 1.32. The number of ketones is 1. The molecule has 0 aromatic carbocycles. The second kappa shape index (κ2) is 2.64. The van der Waals surface area contributed by atoms with Gasteiger partial charge in [0.25, 0.3) is 0 Å². The highest BCUT2D eigenvalue weighted by Crippen LogP contribution is 2.50. The Bertz CT molecular complexity index is 330. The number of Topliss-reactive ketones (excluding diaryl/α,β-unsaturated/α-hetero) is 1. The van der Waals surface area contributed by atoms with E-state index >= 15 is 0 Å². The van der Waals surface area contributed by atoms with Crippen molar-refractivity contribution in [1.82, 2.24) is 4.98 Å². The number of carbonyl (C=O) groups is 1. The van der Waals surface area contributed by atoms with Crippen LogP contribution in [0.1, 0.15) is 24.8 Å². The summed E-state index contributed by atoms with van der Waals surface area (Å²) in [5, 5.41) is 0.974. The number of rotatable bonds is 2. The average molecular weight is 246 g/mol. The van der Waals surface area contributed by atoms with Gasteiger partial charge in [0.15, 0.2) is 0 Å². The molecule has 2 rings (SSSR count). The van der Waals surface area contributed by atoms with Gasteiger partial charge in [-0.25, -0.2) is 4.98 Å². The van der Waals surface area contributed by atoms with Crippen LogP contribution in [0.25, 0.3) is 0 Å². The Morgan fingerprint density at radius 3 is 2.75 bits per heavy atom. The van der Waals surface area contributed by atoms with Gasteiger partial charge in [0.2, 0.25) is 0 Å². The highest BCUT2D eigenvalue weighted by Gasteiger charge is 2.51. The SMILES string of the molecule is CC(=O)C1(c2ncc(Br)s2)CC1. The summed E-state index contributed by atoms with van der Waals surface area (Å²) in [5.41, 5.74) is -0.198. The predicted molar refractivity (Wildman–Crippen MR) is 51.4 cm³/mol. The third-order valence-electron chi connectivity index (χ3n) is 2.31. The third kappa shape index (κ3) is 1.13. The van der Waals surface area contributed by atoms with Crippen molar-refractivity contribution in [2.75, 3.05) is 0 Å². The summed E-state index contributed by atoms with van der Waals surface area (Å²) in [6.45, 7) is 1.66. The topological polar surface area (TPSA) is 30.0 Å². The van der Waals surface area contributed by atoms with Gasteiger partial charge in [-0.2, -0.15) is 0 Å². The number of thiazole rings is 1. The summed E-state index contributed by atoms with van der Waals surface area (Å²) < 4.78 is 1.00. The van der Waals surface area contributed by atoms with Crippen LogP contribution in [0.2, 0.25) is 0 Å². The Labute approximate surface area is 83.1 Å². The van der Waals surface area contributed by atoms with Crippen LogP contribution < -0.4 is 0 Å². The fourth-order valence-corrected chi connectivity index (χ4v) is 2.82. The zero-order valence-electron chi connectivity index (χ0n) is 6.63. The maximum Gasteiger partial charge on any atom is 0.142 e. The molecule has 1 fully saturated rings. The van der Waals surface area contributed by atoms with Crippen molar-refractivity contribution in [3.05, 3.63) is 15.0 Å². The Hall–Kier alpha value is -0.220. The molecule has 64 valence electrons. The van der Waals surface area contributed by atoms with Crippen LogP contribution in [-0.4, -0.2) is 10.8 Å². The van der Waals surface area contributed by atoms with Gasteiger partial charge in [-0.1, -0.05) is 0 Å². The molecule has 1 heterocycles. The van der Waals surface area contributed by atoms with Crippen molar-refractivity contribution in [2.45, 2.75) is 25.2 Å². The second-order valence-electron chi connectivity index (χ2n) is 3.11. The summed E-state index contributed by atoms with van der Waals surface area (Å²) in [6.07, 6.45) is 3.72. The Kier molecular flexibility index (Phi) is 1.84. The first kappa shape index (κ1) is 8.38. The molecule has 0 atom stereocenters. The van der Waals surface area contributed by atoms with Gasteiger partial charge in [-0.05, 0) is 35.7 Å². The fraction of sp³-hybridized carbons (Fsp3) is 0.500. The Morgan fingerprint density at radius 1 is 1.75 bits per heavy atom. The number of hydrogen-bond acceptors (Lipinski definition) is 3. The van der Waals surface area contributed by atoms with Crippen molar-refractivity contribution in [3.8, 4) is 0 Å². The van der Waals surface area contributed by atoms with E-state index in [-0.39, 0.29) is 11.2 Å².